The number of hydrogen-bond donors (Lipinski definition) is 1. The Bertz CT molecular complexity index is 990. The summed E-state index contributed by atoms with van der Waals surface area (Å²) in [4.78, 5) is 16.8. The minimum Gasteiger partial charge on any atom is -0.384 e. The molecule has 2 atom stereocenters. The van der Waals surface area contributed by atoms with Gasteiger partial charge in [-0.05, 0) is 45.7 Å². The van der Waals surface area contributed by atoms with Crippen LogP contribution in [0.15, 0.2) is 47.2 Å². The molecular formula is C21H25N5O3. The number of likely N-dealkylation sites (tertiary alicyclic amines) is 1. The molecule has 1 aliphatic heterocycles. The van der Waals surface area contributed by atoms with E-state index in [1.165, 1.54) is 4.80 Å². The Hall–Kier alpha value is -3.00. The zero-order valence-electron chi connectivity index (χ0n) is 16.8. The van der Waals surface area contributed by atoms with Crippen molar-refractivity contribution in [2.75, 3.05) is 6.54 Å². The van der Waals surface area contributed by atoms with E-state index in [2.05, 4.69) is 22.3 Å². The molecule has 1 aliphatic rings. The van der Waals surface area contributed by atoms with E-state index in [1.54, 1.807) is 38.4 Å². The smallest absolute Gasteiger partial charge is 0.256 e. The molecule has 0 radical (unpaired) electrons. The highest BCUT2D eigenvalue weighted by molar-refractivity contribution is 5.98. The molecule has 1 saturated heterocycles. The van der Waals surface area contributed by atoms with Gasteiger partial charge in [0.05, 0.1) is 23.6 Å². The summed E-state index contributed by atoms with van der Waals surface area (Å²) in [7, 11) is 0. The number of aromatic nitrogens is 4. The Morgan fingerprint density at radius 1 is 1.21 bits per heavy atom. The number of amides is 1. The SMILES string of the molecule is C[C@@H]1CC[C@@H](c2cc(C(C)(C)O)no2)CN1C(=O)c1ccccc1-n1nccn1. The fraction of sp³-hybridized carbons (Fsp3) is 0.429. The van der Waals surface area contributed by atoms with Crippen molar-refractivity contribution in [1.82, 2.24) is 25.1 Å². The minimum atomic E-state index is -1.06. The largest absolute Gasteiger partial charge is 0.384 e. The van der Waals surface area contributed by atoms with Gasteiger partial charge < -0.3 is 14.5 Å². The minimum absolute atomic E-state index is 0.0359. The first-order valence-corrected chi connectivity index (χ1v) is 9.80. The molecule has 0 spiro atoms. The van der Waals surface area contributed by atoms with Gasteiger partial charge in [0.15, 0.2) is 0 Å². The van der Waals surface area contributed by atoms with Gasteiger partial charge in [0.25, 0.3) is 5.91 Å². The number of rotatable bonds is 4. The lowest BCUT2D eigenvalue weighted by Gasteiger charge is -2.37. The molecule has 1 fully saturated rings. The number of aliphatic hydroxyl groups is 1. The third-order valence-electron chi connectivity index (χ3n) is 5.47. The molecule has 0 aliphatic carbocycles. The van der Waals surface area contributed by atoms with E-state index in [9.17, 15) is 9.90 Å². The fourth-order valence-electron chi connectivity index (χ4n) is 3.72. The van der Waals surface area contributed by atoms with Gasteiger partial charge in [-0.25, -0.2) is 0 Å². The van der Waals surface area contributed by atoms with Gasteiger partial charge in [0, 0.05) is 24.6 Å². The van der Waals surface area contributed by atoms with Crippen molar-refractivity contribution in [3.8, 4) is 5.69 Å². The maximum Gasteiger partial charge on any atom is 0.256 e. The summed E-state index contributed by atoms with van der Waals surface area (Å²) < 4.78 is 5.51. The molecule has 1 amide bonds. The van der Waals surface area contributed by atoms with Gasteiger partial charge in [-0.2, -0.15) is 15.0 Å². The van der Waals surface area contributed by atoms with Crippen molar-refractivity contribution < 1.29 is 14.4 Å². The second kappa shape index (κ2) is 7.44. The van der Waals surface area contributed by atoms with Crippen LogP contribution in [-0.4, -0.2) is 48.7 Å². The van der Waals surface area contributed by atoms with Crippen LogP contribution < -0.4 is 0 Å². The van der Waals surface area contributed by atoms with Gasteiger partial charge in [0.1, 0.15) is 17.1 Å². The lowest BCUT2D eigenvalue weighted by molar-refractivity contribution is 0.0595. The maximum atomic E-state index is 13.4. The first kappa shape index (κ1) is 19.3. The molecule has 29 heavy (non-hydrogen) atoms. The van der Waals surface area contributed by atoms with Crippen molar-refractivity contribution in [2.24, 2.45) is 0 Å². The normalized spacial score (nSPS) is 20.1. The number of carbonyl (C=O) groups is 1. The second-order valence-corrected chi connectivity index (χ2v) is 8.09. The van der Waals surface area contributed by atoms with Gasteiger partial charge in [0.2, 0.25) is 0 Å². The number of piperidine rings is 1. The van der Waals surface area contributed by atoms with Crippen LogP contribution in [-0.2, 0) is 5.60 Å². The van der Waals surface area contributed by atoms with Crippen LogP contribution in [0.4, 0.5) is 0 Å². The third kappa shape index (κ3) is 3.80. The molecule has 3 aromatic rings. The lowest BCUT2D eigenvalue weighted by atomic mass is 9.90. The summed E-state index contributed by atoms with van der Waals surface area (Å²) >= 11 is 0. The van der Waals surface area contributed by atoms with Crippen molar-refractivity contribution in [3.05, 3.63) is 59.7 Å². The Morgan fingerprint density at radius 2 is 1.93 bits per heavy atom. The Labute approximate surface area is 169 Å². The van der Waals surface area contributed by atoms with Crippen LogP contribution in [0.3, 0.4) is 0 Å². The molecule has 1 aromatic carbocycles. The average Bonchev–Trinajstić information content (AvgIpc) is 3.40. The standard InChI is InChI=1S/C21H25N5O3/c1-14-8-9-15(18-12-19(24-29-18)21(2,3)28)13-25(14)20(27)16-6-4-5-7-17(16)26-22-10-11-23-26/h4-7,10-12,14-15,28H,8-9,13H2,1-3H3/t14-,15-/m1/s1. The van der Waals surface area contributed by atoms with Crippen LogP contribution in [0.1, 0.15) is 61.3 Å². The maximum absolute atomic E-state index is 13.4. The number of para-hydroxylation sites is 1. The van der Waals surface area contributed by atoms with Crippen molar-refractivity contribution in [2.45, 2.75) is 51.2 Å². The number of hydrogen-bond acceptors (Lipinski definition) is 6. The number of nitrogens with zero attached hydrogens (tertiary/aromatic N) is 5. The second-order valence-electron chi connectivity index (χ2n) is 8.09. The molecule has 1 N–H and O–H groups in total. The zero-order chi connectivity index (χ0) is 20.6. The topological polar surface area (TPSA) is 97.3 Å². The van der Waals surface area contributed by atoms with E-state index in [1.807, 2.05) is 23.1 Å². The molecular weight excluding hydrogens is 370 g/mol. The van der Waals surface area contributed by atoms with Crippen molar-refractivity contribution in [3.63, 3.8) is 0 Å². The highest BCUT2D eigenvalue weighted by atomic mass is 16.5. The van der Waals surface area contributed by atoms with E-state index in [0.29, 0.717) is 29.2 Å². The summed E-state index contributed by atoms with van der Waals surface area (Å²) in [5.41, 5.74) is 0.653. The monoisotopic (exact) mass is 395 g/mol. The summed E-state index contributed by atoms with van der Waals surface area (Å²) in [6.45, 7) is 5.94. The molecule has 0 bridgehead atoms. The first-order valence-electron chi connectivity index (χ1n) is 9.80. The molecule has 2 aromatic heterocycles. The number of benzene rings is 1. The third-order valence-corrected chi connectivity index (χ3v) is 5.47. The summed E-state index contributed by atoms with van der Waals surface area (Å²) in [5, 5.41) is 22.5. The van der Waals surface area contributed by atoms with Gasteiger partial charge in [-0.15, -0.1) is 0 Å². The van der Waals surface area contributed by atoms with Crippen molar-refractivity contribution >= 4 is 5.91 Å². The summed E-state index contributed by atoms with van der Waals surface area (Å²) in [5.74, 6) is 0.680. The fourth-order valence-corrected chi connectivity index (χ4v) is 3.72. The van der Waals surface area contributed by atoms with Crippen LogP contribution in [0.2, 0.25) is 0 Å². The first-order chi connectivity index (χ1) is 13.8. The van der Waals surface area contributed by atoms with Crippen LogP contribution in [0.5, 0.6) is 0 Å². The molecule has 3 heterocycles. The van der Waals surface area contributed by atoms with E-state index in [0.717, 1.165) is 12.8 Å². The van der Waals surface area contributed by atoms with E-state index in [-0.39, 0.29) is 17.9 Å². The van der Waals surface area contributed by atoms with E-state index >= 15 is 0 Å². The van der Waals surface area contributed by atoms with Crippen LogP contribution in [0.25, 0.3) is 5.69 Å². The number of carbonyl (C=O) groups excluding carboxylic acids is 1. The quantitative estimate of drug-likeness (QED) is 0.730. The lowest BCUT2D eigenvalue weighted by Crippen LogP contribution is -2.45. The summed E-state index contributed by atoms with van der Waals surface area (Å²) in [6.07, 6.45) is 4.93. The molecule has 152 valence electrons. The highest BCUT2D eigenvalue weighted by Gasteiger charge is 2.34. The predicted molar refractivity (Wildman–Crippen MR) is 106 cm³/mol. The van der Waals surface area contributed by atoms with Gasteiger partial charge >= 0.3 is 0 Å². The molecule has 8 nitrogen and oxygen atoms in total. The van der Waals surface area contributed by atoms with Gasteiger partial charge in [-0.3, -0.25) is 4.79 Å². The van der Waals surface area contributed by atoms with Crippen LogP contribution in [0, 0.1) is 0 Å². The van der Waals surface area contributed by atoms with Crippen LogP contribution >= 0.6 is 0 Å². The average molecular weight is 395 g/mol. The summed E-state index contributed by atoms with van der Waals surface area (Å²) in [6, 6.07) is 9.26. The predicted octanol–water partition coefficient (Wildman–Crippen LogP) is 2.89. The highest BCUT2D eigenvalue weighted by Crippen LogP contribution is 2.33. The Kier molecular flexibility index (Phi) is 4.96. The van der Waals surface area contributed by atoms with E-state index in [4.69, 9.17) is 4.52 Å². The Balaban J connectivity index is 1.60. The Morgan fingerprint density at radius 3 is 2.62 bits per heavy atom. The molecule has 0 unspecified atom stereocenters. The molecule has 4 rings (SSSR count). The molecule has 0 saturated carbocycles. The molecule has 8 heteroatoms. The van der Waals surface area contributed by atoms with Gasteiger partial charge in [-0.1, -0.05) is 17.3 Å². The van der Waals surface area contributed by atoms with Crippen molar-refractivity contribution in [1.29, 1.82) is 0 Å². The zero-order valence-corrected chi connectivity index (χ0v) is 16.8. The van der Waals surface area contributed by atoms with E-state index < -0.39 is 5.60 Å².